The second-order valence-electron chi connectivity index (χ2n) is 5.00. The molecule has 5 nitrogen and oxygen atoms in total. The number of hydrogen-bond acceptors (Lipinski definition) is 4. The third kappa shape index (κ3) is 5.00. The first-order valence-corrected chi connectivity index (χ1v) is 7.38. The van der Waals surface area contributed by atoms with Gasteiger partial charge in [0.2, 0.25) is 0 Å². The summed E-state index contributed by atoms with van der Waals surface area (Å²) in [7, 11) is 0. The standard InChI is InChI=1S/C17H17ClN2O3/c1-11-9-14(18)5-8-16(11)23-12(2)17(22)20-19-10-13-3-6-15(21)7-4-13/h3-10,12,21H,1-2H3,(H,20,22)/b19-10+. The van der Waals surface area contributed by atoms with Gasteiger partial charge in [-0.1, -0.05) is 11.6 Å². The molecule has 0 aliphatic heterocycles. The molecular weight excluding hydrogens is 316 g/mol. The molecule has 23 heavy (non-hydrogen) atoms. The highest BCUT2D eigenvalue weighted by molar-refractivity contribution is 6.30. The van der Waals surface area contributed by atoms with Gasteiger partial charge in [-0.3, -0.25) is 4.79 Å². The molecule has 2 aromatic rings. The van der Waals surface area contributed by atoms with E-state index in [1.54, 1.807) is 37.3 Å². The van der Waals surface area contributed by atoms with E-state index in [0.717, 1.165) is 11.1 Å². The normalized spacial score (nSPS) is 12.1. The highest BCUT2D eigenvalue weighted by atomic mass is 35.5. The van der Waals surface area contributed by atoms with Crippen molar-refractivity contribution in [2.24, 2.45) is 5.10 Å². The lowest BCUT2D eigenvalue weighted by Gasteiger charge is -2.14. The van der Waals surface area contributed by atoms with Crippen molar-refractivity contribution < 1.29 is 14.6 Å². The Morgan fingerprint density at radius 3 is 2.65 bits per heavy atom. The predicted molar refractivity (Wildman–Crippen MR) is 90.1 cm³/mol. The van der Waals surface area contributed by atoms with Crippen molar-refractivity contribution in [3.05, 3.63) is 58.6 Å². The minimum Gasteiger partial charge on any atom is -0.508 e. The molecule has 1 amide bonds. The molecule has 2 rings (SSSR count). The molecule has 120 valence electrons. The Bertz CT molecular complexity index is 714. The minimum atomic E-state index is -0.702. The van der Waals surface area contributed by atoms with Crippen LogP contribution in [0.25, 0.3) is 0 Å². The van der Waals surface area contributed by atoms with E-state index in [1.807, 2.05) is 6.92 Å². The molecule has 0 fully saturated rings. The number of phenolic OH excluding ortho intramolecular Hbond substituents is 1. The van der Waals surface area contributed by atoms with Crippen LogP contribution < -0.4 is 10.2 Å². The van der Waals surface area contributed by atoms with Crippen molar-refractivity contribution in [2.45, 2.75) is 20.0 Å². The maximum absolute atomic E-state index is 12.0. The maximum Gasteiger partial charge on any atom is 0.280 e. The third-order valence-electron chi connectivity index (χ3n) is 3.09. The van der Waals surface area contributed by atoms with Crippen LogP contribution >= 0.6 is 11.6 Å². The number of hydrazone groups is 1. The van der Waals surface area contributed by atoms with E-state index >= 15 is 0 Å². The number of nitrogens with one attached hydrogen (secondary N) is 1. The van der Waals surface area contributed by atoms with E-state index in [4.69, 9.17) is 16.3 Å². The molecule has 0 radical (unpaired) electrons. The lowest BCUT2D eigenvalue weighted by atomic mass is 10.2. The van der Waals surface area contributed by atoms with Crippen molar-refractivity contribution in [2.75, 3.05) is 0 Å². The number of hydrogen-bond donors (Lipinski definition) is 2. The van der Waals surface area contributed by atoms with E-state index < -0.39 is 6.10 Å². The van der Waals surface area contributed by atoms with Crippen LogP contribution in [0.4, 0.5) is 0 Å². The number of benzene rings is 2. The predicted octanol–water partition coefficient (Wildman–Crippen LogP) is 3.27. The highest BCUT2D eigenvalue weighted by Gasteiger charge is 2.15. The van der Waals surface area contributed by atoms with Crippen LogP contribution in [-0.4, -0.2) is 23.3 Å². The molecule has 0 saturated carbocycles. The van der Waals surface area contributed by atoms with E-state index in [0.29, 0.717) is 10.8 Å². The molecule has 6 heteroatoms. The summed E-state index contributed by atoms with van der Waals surface area (Å²) in [6, 6.07) is 11.6. The van der Waals surface area contributed by atoms with Crippen molar-refractivity contribution >= 4 is 23.7 Å². The molecule has 0 aliphatic carbocycles. The average molecular weight is 333 g/mol. The zero-order valence-electron chi connectivity index (χ0n) is 12.8. The number of halogens is 1. The first-order valence-electron chi connectivity index (χ1n) is 7.00. The summed E-state index contributed by atoms with van der Waals surface area (Å²) in [5, 5.41) is 13.7. The van der Waals surface area contributed by atoms with Crippen LogP contribution in [0.15, 0.2) is 47.6 Å². The topological polar surface area (TPSA) is 70.9 Å². The zero-order chi connectivity index (χ0) is 16.8. The number of aromatic hydroxyl groups is 1. The Morgan fingerprint density at radius 2 is 2.00 bits per heavy atom. The van der Waals surface area contributed by atoms with Gasteiger partial charge < -0.3 is 9.84 Å². The summed E-state index contributed by atoms with van der Waals surface area (Å²) in [5.41, 5.74) is 4.02. The van der Waals surface area contributed by atoms with Crippen LogP contribution in [0.5, 0.6) is 11.5 Å². The van der Waals surface area contributed by atoms with Crippen molar-refractivity contribution in [3.63, 3.8) is 0 Å². The summed E-state index contributed by atoms with van der Waals surface area (Å²) < 4.78 is 5.60. The van der Waals surface area contributed by atoms with Gasteiger partial charge in [0.05, 0.1) is 6.21 Å². The molecule has 0 spiro atoms. The monoisotopic (exact) mass is 332 g/mol. The highest BCUT2D eigenvalue weighted by Crippen LogP contribution is 2.22. The summed E-state index contributed by atoms with van der Waals surface area (Å²) in [6.45, 7) is 3.49. The minimum absolute atomic E-state index is 0.173. The lowest BCUT2D eigenvalue weighted by Crippen LogP contribution is -2.33. The molecule has 0 saturated heterocycles. The summed E-state index contributed by atoms with van der Waals surface area (Å²) in [5.74, 6) is 0.403. The Kier molecular flexibility index (Phi) is 5.60. The first kappa shape index (κ1) is 16.8. The second kappa shape index (κ2) is 7.65. The molecule has 0 heterocycles. The van der Waals surface area contributed by atoms with Crippen molar-refractivity contribution in [1.29, 1.82) is 0 Å². The number of rotatable bonds is 5. The van der Waals surface area contributed by atoms with Gasteiger partial charge >= 0.3 is 0 Å². The third-order valence-corrected chi connectivity index (χ3v) is 3.33. The fourth-order valence-electron chi connectivity index (χ4n) is 1.81. The smallest absolute Gasteiger partial charge is 0.280 e. The average Bonchev–Trinajstić information content (AvgIpc) is 2.51. The number of ether oxygens (including phenoxy) is 1. The molecule has 2 N–H and O–H groups in total. The molecular formula is C17H17ClN2O3. The molecule has 0 bridgehead atoms. The maximum atomic E-state index is 12.0. The van der Waals surface area contributed by atoms with Gasteiger partial charge in [-0.05, 0) is 67.4 Å². The summed E-state index contributed by atoms with van der Waals surface area (Å²) >= 11 is 5.88. The van der Waals surface area contributed by atoms with Gasteiger partial charge in [-0.25, -0.2) is 5.43 Å². The number of carbonyl (C=O) groups is 1. The van der Waals surface area contributed by atoms with Crippen LogP contribution in [-0.2, 0) is 4.79 Å². The quantitative estimate of drug-likeness (QED) is 0.652. The Morgan fingerprint density at radius 1 is 1.30 bits per heavy atom. The van der Waals surface area contributed by atoms with Gasteiger partial charge in [0.25, 0.3) is 5.91 Å². The van der Waals surface area contributed by atoms with Gasteiger partial charge in [0.15, 0.2) is 6.10 Å². The zero-order valence-corrected chi connectivity index (χ0v) is 13.5. The number of aryl methyl sites for hydroxylation is 1. The summed E-state index contributed by atoms with van der Waals surface area (Å²) in [4.78, 5) is 12.0. The number of amides is 1. The Hall–Kier alpha value is -2.53. The summed E-state index contributed by atoms with van der Waals surface area (Å²) in [6.07, 6.45) is 0.782. The molecule has 0 aliphatic rings. The Balaban J connectivity index is 1.90. The van der Waals surface area contributed by atoms with Gasteiger partial charge in [0, 0.05) is 5.02 Å². The van der Waals surface area contributed by atoms with Gasteiger partial charge in [-0.2, -0.15) is 5.10 Å². The second-order valence-corrected chi connectivity index (χ2v) is 5.43. The van der Waals surface area contributed by atoms with E-state index in [2.05, 4.69) is 10.5 Å². The molecule has 1 atom stereocenters. The van der Waals surface area contributed by atoms with Crippen LogP contribution in [0, 0.1) is 6.92 Å². The number of phenols is 1. The van der Waals surface area contributed by atoms with Crippen LogP contribution in [0.3, 0.4) is 0 Å². The number of nitrogens with zero attached hydrogens (tertiary/aromatic N) is 1. The lowest BCUT2D eigenvalue weighted by molar-refractivity contribution is -0.127. The van der Waals surface area contributed by atoms with Crippen molar-refractivity contribution in [3.8, 4) is 11.5 Å². The van der Waals surface area contributed by atoms with Crippen LogP contribution in [0.2, 0.25) is 5.02 Å². The van der Waals surface area contributed by atoms with Gasteiger partial charge in [-0.15, -0.1) is 0 Å². The first-order chi connectivity index (χ1) is 11.0. The largest absolute Gasteiger partial charge is 0.508 e. The molecule has 1 unspecified atom stereocenters. The fourth-order valence-corrected chi connectivity index (χ4v) is 2.04. The van der Waals surface area contributed by atoms with E-state index in [9.17, 15) is 9.90 Å². The van der Waals surface area contributed by atoms with Crippen molar-refractivity contribution in [1.82, 2.24) is 5.43 Å². The molecule has 0 aromatic heterocycles. The SMILES string of the molecule is Cc1cc(Cl)ccc1OC(C)C(=O)N/N=C/c1ccc(O)cc1. The van der Waals surface area contributed by atoms with Crippen LogP contribution in [0.1, 0.15) is 18.1 Å². The Labute approximate surface area is 139 Å². The van der Waals surface area contributed by atoms with E-state index in [1.165, 1.54) is 18.3 Å². The fraction of sp³-hybridized carbons (Fsp3) is 0.176. The van der Waals surface area contributed by atoms with E-state index in [-0.39, 0.29) is 11.7 Å². The molecule has 2 aromatic carbocycles. The van der Waals surface area contributed by atoms with Gasteiger partial charge in [0.1, 0.15) is 11.5 Å². The number of carbonyl (C=O) groups excluding carboxylic acids is 1.